The summed E-state index contributed by atoms with van der Waals surface area (Å²) in [6, 6.07) is 1.72. The second kappa shape index (κ2) is 6.85. The molecule has 0 radical (unpaired) electrons. The van der Waals surface area contributed by atoms with Gasteiger partial charge in [-0.15, -0.1) is 0 Å². The smallest absolute Gasteiger partial charge is 0.158 e. The Kier molecular flexibility index (Phi) is 5.14. The van der Waals surface area contributed by atoms with E-state index in [2.05, 4.69) is 15.3 Å². The fraction of sp³-hybridized carbons (Fsp3) is 0.714. The summed E-state index contributed by atoms with van der Waals surface area (Å²) in [4.78, 5) is 8.53. The molecule has 1 saturated carbocycles. The summed E-state index contributed by atoms with van der Waals surface area (Å²) >= 11 is 0. The van der Waals surface area contributed by atoms with Crippen LogP contribution in [0.2, 0.25) is 0 Å². The lowest BCUT2D eigenvalue weighted by atomic mass is 9.87. The fourth-order valence-electron chi connectivity index (χ4n) is 2.66. The minimum absolute atomic E-state index is 0.0141. The molecule has 2 rings (SSSR count). The molecule has 1 aromatic heterocycles. The van der Waals surface area contributed by atoms with Gasteiger partial charge in [0.25, 0.3) is 0 Å². The molecule has 1 heterocycles. The van der Waals surface area contributed by atoms with Gasteiger partial charge in [-0.1, -0.05) is 12.8 Å². The van der Waals surface area contributed by atoms with E-state index in [9.17, 15) is 5.11 Å². The Morgan fingerprint density at radius 3 is 2.80 bits per heavy atom. The Labute approximate surface area is 119 Å². The second-order valence-corrected chi connectivity index (χ2v) is 5.45. The summed E-state index contributed by atoms with van der Waals surface area (Å²) in [6.07, 6.45) is 4.49. The van der Waals surface area contributed by atoms with Gasteiger partial charge < -0.3 is 20.9 Å². The third kappa shape index (κ3) is 3.80. The minimum atomic E-state index is -0.0141. The average molecular weight is 280 g/mol. The number of nitrogen functional groups attached to an aromatic ring is 1. The number of nitrogens with two attached hydrogens (primary N) is 1. The van der Waals surface area contributed by atoms with Gasteiger partial charge in [-0.05, 0) is 19.8 Å². The molecule has 0 aliphatic heterocycles. The Hall–Kier alpha value is -1.40. The van der Waals surface area contributed by atoms with E-state index in [1.807, 2.05) is 6.92 Å². The Bertz CT molecular complexity index is 433. The first kappa shape index (κ1) is 15.0. The summed E-state index contributed by atoms with van der Waals surface area (Å²) in [7, 11) is 0. The van der Waals surface area contributed by atoms with Crippen LogP contribution in [0.4, 0.5) is 11.6 Å². The maximum atomic E-state index is 9.60. The zero-order chi connectivity index (χ0) is 14.4. The van der Waals surface area contributed by atoms with E-state index in [0.29, 0.717) is 37.2 Å². The molecule has 20 heavy (non-hydrogen) atoms. The summed E-state index contributed by atoms with van der Waals surface area (Å²) in [5.74, 6) is 1.72. The van der Waals surface area contributed by atoms with E-state index in [1.54, 1.807) is 6.07 Å². The molecule has 1 aliphatic rings. The van der Waals surface area contributed by atoms with Crippen LogP contribution in [0.15, 0.2) is 6.07 Å². The number of nitrogens with one attached hydrogen (secondary N) is 1. The number of aliphatic hydroxyl groups is 1. The zero-order valence-electron chi connectivity index (χ0n) is 12.1. The number of hydrogen-bond donors (Lipinski definition) is 3. The van der Waals surface area contributed by atoms with Crippen molar-refractivity contribution in [1.82, 2.24) is 9.97 Å². The Balaban J connectivity index is 1.99. The Morgan fingerprint density at radius 2 is 2.15 bits per heavy atom. The molecule has 112 valence electrons. The van der Waals surface area contributed by atoms with Crippen molar-refractivity contribution in [2.24, 2.45) is 5.41 Å². The number of anilines is 2. The van der Waals surface area contributed by atoms with Crippen molar-refractivity contribution in [2.45, 2.75) is 39.2 Å². The van der Waals surface area contributed by atoms with E-state index in [0.717, 1.165) is 12.8 Å². The lowest BCUT2D eigenvalue weighted by molar-refractivity contribution is 0.128. The standard InChI is InChI=1S/C14H24N4O2/c1-2-20-8-13-17-11(15)7-12(18-13)16-9-14(10-19)5-3-4-6-14/h7,19H,2-6,8-10H2,1H3,(H3,15,16,17,18). The largest absolute Gasteiger partial charge is 0.396 e. The van der Waals surface area contributed by atoms with Gasteiger partial charge >= 0.3 is 0 Å². The van der Waals surface area contributed by atoms with Crippen molar-refractivity contribution in [1.29, 1.82) is 0 Å². The maximum absolute atomic E-state index is 9.60. The van der Waals surface area contributed by atoms with Gasteiger partial charge in [0.05, 0.1) is 6.61 Å². The first-order chi connectivity index (χ1) is 9.67. The van der Waals surface area contributed by atoms with Crippen molar-refractivity contribution >= 4 is 11.6 Å². The summed E-state index contributed by atoms with van der Waals surface area (Å²) < 4.78 is 5.30. The zero-order valence-corrected chi connectivity index (χ0v) is 12.1. The molecule has 1 aromatic rings. The maximum Gasteiger partial charge on any atom is 0.158 e. The number of hydrogen-bond acceptors (Lipinski definition) is 6. The number of aromatic nitrogens is 2. The molecular weight excluding hydrogens is 256 g/mol. The van der Waals surface area contributed by atoms with Crippen molar-refractivity contribution in [2.75, 3.05) is 30.8 Å². The molecule has 0 saturated heterocycles. The van der Waals surface area contributed by atoms with Gasteiger partial charge in [0.15, 0.2) is 5.82 Å². The highest BCUT2D eigenvalue weighted by Crippen LogP contribution is 2.37. The van der Waals surface area contributed by atoms with E-state index in [-0.39, 0.29) is 12.0 Å². The quantitative estimate of drug-likeness (QED) is 0.702. The van der Waals surface area contributed by atoms with Crippen molar-refractivity contribution < 1.29 is 9.84 Å². The second-order valence-electron chi connectivity index (χ2n) is 5.45. The molecule has 6 nitrogen and oxygen atoms in total. The molecule has 4 N–H and O–H groups in total. The van der Waals surface area contributed by atoms with Crippen LogP contribution in [0, 0.1) is 5.41 Å². The van der Waals surface area contributed by atoms with E-state index in [4.69, 9.17) is 10.5 Å². The molecule has 0 spiro atoms. The molecule has 0 atom stereocenters. The molecule has 6 heteroatoms. The third-order valence-electron chi connectivity index (χ3n) is 3.87. The number of ether oxygens (including phenoxy) is 1. The lowest BCUT2D eigenvalue weighted by Crippen LogP contribution is -2.30. The van der Waals surface area contributed by atoms with Crippen molar-refractivity contribution in [3.8, 4) is 0 Å². The van der Waals surface area contributed by atoms with Crippen LogP contribution in [0.25, 0.3) is 0 Å². The van der Waals surface area contributed by atoms with Crippen LogP contribution in [-0.2, 0) is 11.3 Å². The van der Waals surface area contributed by atoms with Crippen LogP contribution < -0.4 is 11.1 Å². The SMILES string of the molecule is CCOCc1nc(N)cc(NCC2(CO)CCCC2)n1. The number of aliphatic hydroxyl groups excluding tert-OH is 1. The summed E-state index contributed by atoms with van der Waals surface area (Å²) in [5, 5.41) is 12.9. The predicted octanol–water partition coefficient (Wildman–Crippen LogP) is 1.56. The van der Waals surface area contributed by atoms with E-state index >= 15 is 0 Å². The fourth-order valence-corrected chi connectivity index (χ4v) is 2.66. The summed E-state index contributed by atoms with van der Waals surface area (Å²) in [6.45, 7) is 3.84. The molecule has 1 aliphatic carbocycles. The monoisotopic (exact) mass is 280 g/mol. The number of rotatable bonds is 7. The lowest BCUT2D eigenvalue weighted by Gasteiger charge is -2.26. The van der Waals surface area contributed by atoms with Crippen LogP contribution in [-0.4, -0.2) is 34.8 Å². The first-order valence-electron chi connectivity index (χ1n) is 7.23. The molecule has 0 aromatic carbocycles. The molecule has 1 fully saturated rings. The minimum Gasteiger partial charge on any atom is -0.396 e. The van der Waals surface area contributed by atoms with Gasteiger partial charge in [-0.2, -0.15) is 0 Å². The van der Waals surface area contributed by atoms with Gasteiger partial charge in [0.1, 0.15) is 18.2 Å². The highest BCUT2D eigenvalue weighted by Gasteiger charge is 2.33. The van der Waals surface area contributed by atoms with Crippen molar-refractivity contribution in [3.63, 3.8) is 0 Å². The van der Waals surface area contributed by atoms with E-state index in [1.165, 1.54) is 12.8 Å². The summed E-state index contributed by atoms with van der Waals surface area (Å²) in [5.41, 5.74) is 5.77. The molecule has 0 bridgehead atoms. The molecule has 0 amide bonds. The molecule has 0 unspecified atom stereocenters. The predicted molar refractivity (Wildman–Crippen MR) is 78.3 cm³/mol. The third-order valence-corrected chi connectivity index (χ3v) is 3.87. The van der Waals surface area contributed by atoms with Crippen LogP contribution in [0.5, 0.6) is 0 Å². The van der Waals surface area contributed by atoms with Gasteiger partial charge in [-0.25, -0.2) is 9.97 Å². The van der Waals surface area contributed by atoms with Crippen molar-refractivity contribution in [3.05, 3.63) is 11.9 Å². The normalized spacial score (nSPS) is 17.3. The van der Waals surface area contributed by atoms with E-state index < -0.39 is 0 Å². The highest BCUT2D eigenvalue weighted by molar-refractivity contribution is 5.44. The van der Waals surface area contributed by atoms with Crippen LogP contribution in [0.1, 0.15) is 38.4 Å². The molecular formula is C14H24N4O2. The Morgan fingerprint density at radius 1 is 1.40 bits per heavy atom. The van der Waals surface area contributed by atoms with Gasteiger partial charge in [0.2, 0.25) is 0 Å². The first-order valence-corrected chi connectivity index (χ1v) is 7.23. The van der Waals surface area contributed by atoms with Gasteiger partial charge in [0, 0.05) is 24.6 Å². The average Bonchev–Trinajstić information content (AvgIpc) is 2.92. The van der Waals surface area contributed by atoms with Crippen LogP contribution in [0.3, 0.4) is 0 Å². The topological polar surface area (TPSA) is 93.3 Å². The number of nitrogens with zero attached hydrogens (tertiary/aromatic N) is 2. The van der Waals surface area contributed by atoms with Crippen LogP contribution >= 0.6 is 0 Å². The highest BCUT2D eigenvalue weighted by atomic mass is 16.5. The van der Waals surface area contributed by atoms with Gasteiger partial charge in [-0.3, -0.25) is 0 Å².